The van der Waals surface area contributed by atoms with Crippen LogP contribution in [0.15, 0.2) is 30.5 Å². The van der Waals surface area contributed by atoms with Crippen molar-refractivity contribution < 1.29 is 27.8 Å². The van der Waals surface area contributed by atoms with Gasteiger partial charge in [-0.25, -0.2) is 23.4 Å². The van der Waals surface area contributed by atoms with E-state index in [0.717, 1.165) is 18.2 Å². The average molecular weight is 458 g/mol. The zero-order chi connectivity index (χ0) is 24.3. The van der Waals surface area contributed by atoms with Crippen molar-refractivity contribution in [1.29, 1.82) is 5.26 Å². The van der Waals surface area contributed by atoms with E-state index in [9.17, 15) is 23.6 Å². The lowest BCUT2D eigenvalue weighted by Crippen LogP contribution is -2.43. The van der Waals surface area contributed by atoms with E-state index in [1.54, 1.807) is 25.7 Å². The summed E-state index contributed by atoms with van der Waals surface area (Å²) in [6.45, 7) is 5.43. The van der Waals surface area contributed by atoms with Gasteiger partial charge in [0.2, 0.25) is 0 Å². The summed E-state index contributed by atoms with van der Waals surface area (Å²) in [5, 5.41) is 12.3. The second-order valence-electron chi connectivity index (χ2n) is 8.63. The van der Waals surface area contributed by atoms with Crippen LogP contribution in [0.4, 0.5) is 19.4 Å². The van der Waals surface area contributed by atoms with Crippen molar-refractivity contribution in [3.8, 4) is 6.07 Å². The van der Waals surface area contributed by atoms with Gasteiger partial charge in [-0.05, 0) is 50.6 Å². The van der Waals surface area contributed by atoms with Crippen LogP contribution >= 0.6 is 0 Å². The molecule has 1 aliphatic rings. The number of hydrogen-bond acceptors (Lipinski definition) is 7. The topological polar surface area (TPSA) is 105 Å². The predicted octanol–water partition coefficient (Wildman–Crippen LogP) is 3.52. The number of carbonyl (C=O) groups excluding carboxylic acids is 2. The minimum Gasteiger partial charge on any atom is -0.465 e. The van der Waals surface area contributed by atoms with Crippen LogP contribution in [-0.4, -0.2) is 48.9 Å². The number of hydrogen-bond donors (Lipinski definition) is 1. The first kappa shape index (κ1) is 23.9. The van der Waals surface area contributed by atoms with Gasteiger partial charge in [-0.2, -0.15) is 5.26 Å². The van der Waals surface area contributed by atoms with E-state index < -0.39 is 41.3 Å². The second-order valence-corrected chi connectivity index (χ2v) is 8.63. The first-order valence-electron chi connectivity index (χ1n) is 10.2. The Balaban J connectivity index is 1.96. The van der Waals surface area contributed by atoms with E-state index in [-0.39, 0.29) is 35.6 Å². The summed E-state index contributed by atoms with van der Waals surface area (Å²) in [5.74, 6) is -2.27. The molecule has 1 amide bonds. The Morgan fingerprint density at radius 1 is 1.24 bits per heavy atom. The smallest absolute Gasteiger partial charge is 0.407 e. The number of amides is 1. The fourth-order valence-corrected chi connectivity index (χ4v) is 3.72. The van der Waals surface area contributed by atoms with Crippen LogP contribution in [0, 0.1) is 23.0 Å². The monoisotopic (exact) mass is 458 g/mol. The van der Waals surface area contributed by atoms with Crippen molar-refractivity contribution in [3.05, 3.63) is 58.8 Å². The molecule has 0 radical (unpaired) electrons. The van der Waals surface area contributed by atoms with Crippen molar-refractivity contribution in [2.45, 2.75) is 38.3 Å². The van der Waals surface area contributed by atoms with Gasteiger partial charge in [-0.3, -0.25) is 0 Å². The quantitative estimate of drug-likeness (QED) is 0.699. The van der Waals surface area contributed by atoms with Gasteiger partial charge in [0.1, 0.15) is 29.1 Å². The van der Waals surface area contributed by atoms with E-state index in [2.05, 4.69) is 15.0 Å². The largest absolute Gasteiger partial charge is 0.465 e. The van der Waals surface area contributed by atoms with E-state index in [0.29, 0.717) is 0 Å². The zero-order valence-electron chi connectivity index (χ0n) is 18.7. The molecule has 1 N–H and O–H groups in total. The fraction of sp³-hybridized carbons (Fsp3) is 0.391. The molecule has 0 aliphatic carbocycles. The highest BCUT2D eigenvalue weighted by Crippen LogP contribution is 2.34. The molecular weight excluding hydrogens is 434 g/mol. The third-order valence-corrected chi connectivity index (χ3v) is 5.09. The molecule has 33 heavy (non-hydrogen) atoms. The number of pyridine rings is 1. The molecule has 10 heteroatoms. The molecule has 3 rings (SSSR count). The van der Waals surface area contributed by atoms with Crippen molar-refractivity contribution in [3.63, 3.8) is 0 Å². The van der Waals surface area contributed by atoms with Gasteiger partial charge in [0.15, 0.2) is 0 Å². The maximum Gasteiger partial charge on any atom is 0.407 e. The van der Waals surface area contributed by atoms with Crippen LogP contribution in [0.3, 0.4) is 0 Å². The number of nitrogens with one attached hydrogen (secondary N) is 1. The van der Waals surface area contributed by atoms with Gasteiger partial charge in [-0.15, -0.1) is 0 Å². The molecule has 2 heterocycles. The lowest BCUT2D eigenvalue weighted by Gasteiger charge is -2.24. The van der Waals surface area contributed by atoms with Gasteiger partial charge in [-0.1, -0.05) is 0 Å². The number of nitrogens with zero attached hydrogens (tertiary/aromatic N) is 3. The normalized spacial score (nSPS) is 17.9. The molecule has 1 fully saturated rings. The Morgan fingerprint density at radius 3 is 2.61 bits per heavy atom. The number of methoxy groups -OCH3 is 1. The molecule has 1 aliphatic heterocycles. The molecule has 1 aromatic heterocycles. The molecule has 0 bridgehead atoms. The lowest BCUT2D eigenvalue weighted by molar-refractivity contribution is 0.0503. The van der Waals surface area contributed by atoms with Gasteiger partial charge in [0, 0.05) is 25.2 Å². The second kappa shape index (κ2) is 9.40. The minimum absolute atomic E-state index is 0.0863. The molecule has 0 unspecified atom stereocenters. The Labute approximate surface area is 190 Å². The number of aromatic nitrogens is 1. The molecule has 0 saturated carbocycles. The number of nitriles is 1. The van der Waals surface area contributed by atoms with Crippen LogP contribution in [0.5, 0.6) is 0 Å². The molecule has 2 atom stereocenters. The van der Waals surface area contributed by atoms with Gasteiger partial charge >= 0.3 is 12.1 Å². The number of esters is 1. The van der Waals surface area contributed by atoms with Crippen LogP contribution < -0.4 is 10.2 Å². The first-order valence-corrected chi connectivity index (χ1v) is 10.2. The average Bonchev–Trinajstić information content (AvgIpc) is 3.15. The number of alkyl carbamates (subject to hydrolysis) is 1. The third kappa shape index (κ3) is 5.55. The SMILES string of the molecule is COC(=O)c1cnc(N2C[C@H](NC(=O)OC(C)(C)C)[C@@H](c3cc(F)ccc3F)C2)c(C#N)c1. The van der Waals surface area contributed by atoms with E-state index >= 15 is 0 Å². The van der Waals surface area contributed by atoms with Crippen molar-refractivity contribution >= 4 is 17.9 Å². The summed E-state index contributed by atoms with van der Waals surface area (Å²) >= 11 is 0. The summed E-state index contributed by atoms with van der Waals surface area (Å²) in [5.41, 5.74) is -0.452. The Morgan fingerprint density at radius 2 is 1.97 bits per heavy atom. The summed E-state index contributed by atoms with van der Waals surface area (Å²) in [7, 11) is 1.22. The van der Waals surface area contributed by atoms with Gasteiger partial charge in [0.25, 0.3) is 0 Å². The van der Waals surface area contributed by atoms with E-state index in [1.807, 2.05) is 6.07 Å². The number of carbonyl (C=O) groups is 2. The van der Waals surface area contributed by atoms with Crippen LogP contribution in [0.1, 0.15) is 48.2 Å². The number of rotatable bonds is 4. The summed E-state index contributed by atoms with van der Waals surface area (Å²) < 4.78 is 38.5. The van der Waals surface area contributed by atoms with Crippen molar-refractivity contribution in [2.75, 3.05) is 25.1 Å². The highest BCUT2D eigenvalue weighted by atomic mass is 19.1. The van der Waals surface area contributed by atoms with Gasteiger partial charge in [0.05, 0.1) is 24.3 Å². The minimum atomic E-state index is -0.749. The molecule has 174 valence electrons. The first-order chi connectivity index (χ1) is 15.5. The van der Waals surface area contributed by atoms with Crippen LogP contribution in [0.2, 0.25) is 0 Å². The maximum atomic E-state index is 14.6. The number of anilines is 1. The van der Waals surface area contributed by atoms with Crippen LogP contribution in [-0.2, 0) is 9.47 Å². The third-order valence-electron chi connectivity index (χ3n) is 5.09. The number of halogens is 2. The molecule has 0 spiro atoms. The predicted molar refractivity (Wildman–Crippen MR) is 115 cm³/mol. The Bertz CT molecular complexity index is 1110. The standard InChI is InChI=1S/C23H24F2N4O4/c1-23(2,3)33-22(31)28-19-12-29(11-17(19)16-8-15(24)5-6-18(16)25)20-13(9-26)7-14(10-27-20)21(30)32-4/h5-8,10,17,19H,11-12H2,1-4H3,(H,28,31)/t17-,19+/m1/s1. The van der Waals surface area contributed by atoms with Gasteiger partial charge < -0.3 is 19.7 Å². The van der Waals surface area contributed by atoms with Crippen molar-refractivity contribution in [1.82, 2.24) is 10.3 Å². The van der Waals surface area contributed by atoms with Crippen molar-refractivity contribution in [2.24, 2.45) is 0 Å². The zero-order valence-corrected chi connectivity index (χ0v) is 18.7. The summed E-state index contributed by atoms with van der Waals surface area (Å²) in [6, 6.07) is 5.82. The number of benzene rings is 1. The highest BCUT2D eigenvalue weighted by Gasteiger charge is 2.38. The van der Waals surface area contributed by atoms with E-state index in [4.69, 9.17) is 4.74 Å². The highest BCUT2D eigenvalue weighted by molar-refractivity contribution is 5.90. The molecular formula is C23H24F2N4O4. The molecule has 1 saturated heterocycles. The fourth-order valence-electron chi connectivity index (χ4n) is 3.72. The Kier molecular flexibility index (Phi) is 6.81. The summed E-state index contributed by atoms with van der Waals surface area (Å²) in [4.78, 5) is 30.1. The summed E-state index contributed by atoms with van der Waals surface area (Å²) in [6.07, 6.45) is 0.569. The molecule has 1 aromatic carbocycles. The molecule has 2 aromatic rings. The maximum absolute atomic E-state index is 14.6. The number of ether oxygens (including phenoxy) is 2. The van der Waals surface area contributed by atoms with Crippen LogP contribution in [0.25, 0.3) is 0 Å². The molecule has 8 nitrogen and oxygen atoms in total. The lowest BCUT2D eigenvalue weighted by atomic mass is 9.94. The van der Waals surface area contributed by atoms with E-state index in [1.165, 1.54) is 19.4 Å². The Hall–Kier alpha value is -3.74.